The Labute approximate surface area is 75.5 Å². The van der Waals surface area contributed by atoms with E-state index >= 15 is 0 Å². The summed E-state index contributed by atoms with van der Waals surface area (Å²) < 4.78 is 0.779. The molecule has 0 saturated heterocycles. The zero-order valence-corrected chi connectivity index (χ0v) is 6.97. The maximum Gasteiger partial charge on any atom is 0.229 e. The molecule has 3 heteroatoms. The summed E-state index contributed by atoms with van der Waals surface area (Å²) >= 11 is 0. The minimum atomic E-state index is -0.108. The van der Waals surface area contributed by atoms with Gasteiger partial charge in [0.1, 0.15) is 0 Å². The Balaban J connectivity index is 2.87. The van der Waals surface area contributed by atoms with Gasteiger partial charge >= 0.3 is 0 Å². The summed E-state index contributed by atoms with van der Waals surface area (Å²) in [6.07, 6.45) is 1.43. The molecule has 3 nitrogen and oxygen atoms in total. The second-order valence-electron chi connectivity index (χ2n) is 2.85. The van der Waals surface area contributed by atoms with Crippen LogP contribution in [0.1, 0.15) is 5.56 Å². The second kappa shape index (κ2) is 3.03. The molecule has 0 radical (unpaired) electrons. The Bertz CT molecular complexity index is 435. The molecule has 0 atom stereocenters. The van der Waals surface area contributed by atoms with Gasteiger partial charge in [0.15, 0.2) is 6.20 Å². The smallest absolute Gasteiger partial charge is 0.229 e. The number of nitrogens with zero attached hydrogens (tertiary/aromatic N) is 1. The fourth-order valence-electron chi connectivity index (χ4n) is 1.44. The Morgan fingerprint density at radius 2 is 2.00 bits per heavy atom. The van der Waals surface area contributed by atoms with E-state index in [0.717, 1.165) is 10.1 Å². The highest BCUT2D eigenvalue weighted by Gasteiger charge is 2.07. The van der Waals surface area contributed by atoms with Gasteiger partial charge in [0.25, 0.3) is 0 Å². The van der Waals surface area contributed by atoms with Gasteiger partial charge in [-0.3, -0.25) is 0 Å². The van der Waals surface area contributed by atoms with Crippen LogP contribution in [-0.2, 0) is 6.61 Å². The third kappa shape index (κ3) is 1.23. The Morgan fingerprint density at radius 1 is 1.23 bits per heavy atom. The zero-order chi connectivity index (χ0) is 9.26. The molecule has 0 spiro atoms. The average Bonchev–Trinajstić information content (AvgIpc) is 2.17. The quantitative estimate of drug-likeness (QED) is 0.518. The monoisotopic (exact) mass is 175 g/mol. The summed E-state index contributed by atoms with van der Waals surface area (Å²) in [5, 5.41) is 21.2. The van der Waals surface area contributed by atoms with Crippen molar-refractivity contribution in [2.75, 3.05) is 0 Å². The lowest BCUT2D eigenvalue weighted by Crippen LogP contribution is -2.27. The number of hydrogen-bond donors (Lipinski definition) is 1. The van der Waals surface area contributed by atoms with Gasteiger partial charge in [-0.25, -0.2) is 0 Å². The van der Waals surface area contributed by atoms with Gasteiger partial charge in [0, 0.05) is 11.5 Å². The molecule has 0 aliphatic carbocycles. The van der Waals surface area contributed by atoms with Gasteiger partial charge in [0.2, 0.25) is 5.52 Å². The lowest BCUT2D eigenvalue weighted by atomic mass is 10.1. The third-order valence-electron chi connectivity index (χ3n) is 2.04. The lowest BCUT2D eigenvalue weighted by molar-refractivity contribution is -0.577. The van der Waals surface area contributed by atoms with E-state index in [2.05, 4.69) is 0 Å². The molecule has 0 bridgehead atoms. The molecule has 0 amide bonds. The normalized spacial score (nSPS) is 10.5. The second-order valence-corrected chi connectivity index (χ2v) is 2.85. The van der Waals surface area contributed by atoms with Crippen molar-refractivity contribution in [3.05, 3.63) is 47.3 Å². The zero-order valence-electron chi connectivity index (χ0n) is 6.97. The number of para-hydroxylation sites is 1. The van der Waals surface area contributed by atoms with Crippen molar-refractivity contribution in [3.8, 4) is 0 Å². The number of fused-ring (bicyclic) bond motifs is 1. The van der Waals surface area contributed by atoms with E-state index in [-0.39, 0.29) is 6.61 Å². The number of aliphatic hydroxyl groups excluding tert-OH is 1. The highest BCUT2D eigenvalue weighted by molar-refractivity contribution is 5.78. The van der Waals surface area contributed by atoms with Crippen molar-refractivity contribution in [1.29, 1.82) is 0 Å². The fraction of sp³-hybridized carbons (Fsp3) is 0.100. The van der Waals surface area contributed by atoms with Crippen LogP contribution in [0.5, 0.6) is 0 Å². The minimum Gasteiger partial charge on any atom is -0.618 e. The number of aliphatic hydroxyl groups is 1. The van der Waals surface area contributed by atoms with Crippen LogP contribution in [-0.4, -0.2) is 5.11 Å². The van der Waals surface area contributed by atoms with E-state index in [1.807, 2.05) is 18.2 Å². The van der Waals surface area contributed by atoms with Crippen LogP contribution in [0, 0.1) is 5.21 Å². The minimum absolute atomic E-state index is 0.108. The van der Waals surface area contributed by atoms with E-state index in [1.54, 1.807) is 12.1 Å². The number of pyridine rings is 1. The highest BCUT2D eigenvalue weighted by atomic mass is 16.5. The summed E-state index contributed by atoms with van der Waals surface area (Å²) in [6.45, 7) is -0.108. The Hall–Kier alpha value is -1.61. The third-order valence-corrected chi connectivity index (χ3v) is 2.04. The van der Waals surface area contributed by atoms with Crippen LogP contribution in [0.2, 0.25) is 0 Å². The number of benzene rings is 1. The predicted octanol–water partition coefficient (Wildman–Crippen LogP) is 0.966. The first-order chi connectivity index (χ1) is 6.33. The van der Waals surface area contributed by atoms with Crippen molar-refractivity contribution in [2.45, 2.75) is 6.61 Å². The average molecular weight is 175 g/mol. The Kier molecular flexibility index (Phi) is 1.87. The summed E-state index contributed by atoms with van der Waals surface area (Å²) in [7, 11) is 0. The topological polar surface area (TPSA) is 47.2 Å². The lowest BCUT2D eigenvalue weighted by Gasteiger charge is -2.03. The van der Waals surface area contributed by atoms with Crippen molar-refractivity contribution >= 4 is 10.9 Å². The number of rotatable bonds is 1. The van der Waals surface area contributed by atoms with Crippen molar-refractivity contribution in [1.82, 2.24) is 0 Å². The molecule has 0 unspecified atom stereocenters. The molecular formula is C10H9NO2. The van der Waals surface area contributed by atoms with Gasteiger partial charge in [-0.2, -0.15) is 4.73 Å². The van der Waals surface area contributed by atoms with Crippen molar-refractivity contribution in [3.63, 3.8) is 0 Å². The first-order valence-corrected chi connectivity index (χ1v) is 4.03. The standard InChI is InChI=1S/C10H9NO2/c12-7-9-4-1-3-8-5-2-6-11(13)10(8)9/h1-6,12H,7H2. The van der Waals surface area contributed by atoms with Crippen LogP contribution in [0.25, 0.3) is 10.9 Å². The molecule has 2 rings (SSSR count). The Morgan fingerprint density at radius 3 is 2.77 bits per heavy atom. The van der Waals surface area contributed by atoms with Crippen LogP contribution in [0.4, 0.5) is 0 Å². The van der Waals surface area contributed by atoms with Crippen LogP contribution < -0.4 is 4.73 Å². The molecule has 0 fully saturated rings. The van der Waals surface area contributed by atoms with Gasteiger partial charge in [-0.15, -0.1) is 0 Å². The summed E-state index contributed by atoms with van der Waals surface area (Å²) in [5.74, 6) is 0. The molecule has 66 valence electrons. The maximum atomic E-state index is 11.4. The van der Waals surface area contributed by atoms with E-state index in [4.69, 9.17) is 5.11 Å². The first kappa shape index (κ1) is 8.01. The summed E-state index contributed by atoms with van der Waals surface area (Å²) in [6, 6.07) is 8.97. The number of aromatic nitrogens is 1. The molecule has 1 aromatic heterocycles. The van der Waals surface area contributed by atoms with E-state index in [9.17, 15) is 5.21 Å². The van der Waals surface area contributed by atoms with Crippen molar-refractivity contribution < 1.29 is 9.84 Å². The van der Waals surface area contributed by atoms with E-state index in [0.29, 0.717) is 11.1 Å². The van der Waals surface area contributed by atoms with Crippen LogP contribution in [0.15, 0.2) is 36.5 Å². The van der Waals surface area contributed by atoms with E-state index in [1.165, 1.54) is 6.20 Å². The number of hydrogen-bond acceptors (Lipinski definition) is 2. The molecule has 1 heterocycles. The fourth-order valence-corrected chi connectivity index (χ4v) is 1.44. The van der Waals surface area contributed by atoms with Gasteiger partial charge < -0.3 is 10.3 Å². The molecular weight excluding hydrogens is 166 g/mol. The van der Waals surface area contributed by atoms with Gasteiger partial charge in [-0.05, 0) is 18.2 Å². The van der Waals surface area contributed by atoms with Gasteiger partial charge in [0.05, 0.1) is 12.2 Å². The van der Waals surface area contributed by atoms with Crippen LogP contribution >= 0.6 is 0 Å². The van der Waals surface area contributed by atoms with Crippen LogP contribution in [0.3, 0.4) is 0 Å². The molecule has 2 aromatic rings. The van der Waals surface area contributed by atoms with Gasteiger partial charge in [-0.1, -0.05) is 6.07 Å². The highest BCUT2D eigenvalue weighted by Crippen LogP contribution is 2.13. The largest absolute Gasteiger partial charge is 0.618 e. The predicted molar refractivity (Wildman–Crippen MR) is 48.8 cm³/mol. The van der Waals surface area contributed by atoms with Crippen molar-refractivity contribution in [2.24, 2.45) is 0 Å². The molecule has 0 aliphatic heterocycles. The van der Waals surface area contributed by atoms with E-state index < -0.39 is 0 Å². The molecule has 0 aliphatic rings. The SMILES string of the molecule is [O-][n+]1cccc2cccc(CO)c21. The molecule has 1 aromatic carbocycles. The molecule has 0 saturated carbocycles. The first-order valence-electron chi connectivity index (χ1n) is 4.03. The molecule has 13 heavy (non-hydrogen) atoms. The maximum absolute atomic E-state index is 11.4. The summed E-state index contributed by atoms with van der Waals surface area (Å²) in [5.41, 5.74) is 1.21. The summed E-state index contributed by atoms with van der Waals surface area (Å²) in [4.78, 5) is 0. The molecule has 1 N–H and O–H groups in total.